The molecule has 0 aliphatic heterocycles. The second-order valence-corrected chi connectivity index (χ2v) is 8.73. The molecule has 0 bridgehead atoms. The molecule has 1 heterocycles. The van der Waals surface area contributed by atoms with Crippen molar-refractivity contribution in [3.63, 3.8) is 0 Å². The molecule has 4 heteroatoms. The number of aromatic nitrogens is 1. The summed E-state index contributed by atoms with van der Waals surface area (Å²) in [6.45, 7) is 5.96. The Morgan fingerprint density at radius 3 is 2.62 bits per heavy atom. The first-order valence-electron chi connectivity index (χ1n) is 10.5. The van der Waals surface area contributed by atoms with Gasteiger partial charge in [0.25, 0.3) is 0 Å². The first kappa shape index (κ1) is 19.6. The fraction of sp³-hybridized carbons (Fsp3) is 0.400. The van der Waals surface area contributed by atoms with Gasteiger partial charge in [0, 0.05) is 41.5 Å². The Balaban J connectivity index is 1.63. The molecule has 4 nitrogen and oxygen atoms in total. The van der Waals surface area contributed by atoms with Crippen LogP contribution in [0.15, 0.2) is 54.7 Å². The van der Waals surface area contributed by atoms with Crippen LogP contribution in [0.2, 0.25) is 0 Å². The number of carbonyl (C=O) groups is 1. The van der Waals surface area contributed by atoms with Gasteiger partial charge in [-0.2, -0.15) is 0 Å². The largest absolute Gasteiger partial charge is 0.497 e. The highest BCUT2D eigenvalue weighted by molar-refractivity contribution is 5.87. The van der Waals surface area contributed by atoms with Gasteiger partial charge in [0.15, 0.2) is 0 Å². The molecule has 29 heavy (non-hydrogen) atoms. The van der Waals surface area contributed by atoms with Crippen LogP contribution in [0.3, 0.4) is 0 Å². The monoisotopic (exact) mass is 390 g/mol. The molecule has 0 unspecified atom stereocenters. The van der Waals surface area contributed by atoms with Crippen molar-refractivity contribution < 1.29 is 9.53 Å². The second-order valence-electron chi connectivity index (χ2n) is 8.73. The molecule has 2 aromatic carbocycles. The summed E-state index contributed by atoms with van der Waals surface area (Å²) < 4.78 is 7.82. The van der Waals surface area contributed by atoms with Gasteiger partial charge in [0.2, 0.25) is 5.91 Å². The Morgan fingerprint density at radius 2 is 1.93 bits per heavy atom. The van der Waals surface area contributed by atoms with E-state index in [9.17, 15) is 4.79 Å². The minimum atomic E-state index is -0.173. The van der Waals surface area contributed by atoms with E-state index in [1.807, 2.05) is 6.07 Å². The average molecular weight is 391 g/mol. The number of hydrogen-bond donors (Lipinski definition) is 1. The number of carbonyl (C=O) groups excluding carboxylic acids is 1. The fourth-order valence-electron chi connectivity index (χ4n) is 3.91. The SMILES string of the molecule is COc1ccc2c(c1)c(C(C)(C)CNC(=O)C1CC1)cn2CCc1ccccc1. The summed E-state index contributed by atoms with van der Waals surface area (Å²) in [5.41, 5.74) is 3.61. The van der Waals surface area contributed by atoms with Crippen molar-refractivity contribution in [2.75, 3.05) is 13.7 Å². The van der Waals surface area contributed by atoms with Crippen LogP contribution in [0.1, 0.15) is 37.8 Å². The van der Waals surface area contributed by atoms with E-state index in [0.717, 1.165) is 31.6 Å². The van der Waals surface area contributed by atoms with E-state index in [1.165, 1.54) is 22.0 Å². The lowest BCUT2D eigenvalue weighted by Gasteiger charge is -2.25. The lowest BCUT2D eigenvalue weighted by Crippen LogP contribution is -2.37. The minimum Gasteiger partial charge on any atom is -0.497 e. The van der Waals surface area contributed by atoms with Crippen LogP contribution in [-0.4, -0.2) is 24.1 Å². The predicted molar refractivity (Wildman–Crippen MR) is 117 cm³/mol. The summed E-state index contributed by atoms with van der Waals surface area (Å²) in [6.07, 6.45) is 5.30. The summed E-state index contributed by atoms with van der Waals surface area (Å²) in [5, 5.41) is 4.36. The van der Waals surface area contributed by atoms with Crippen molar-refractivity contribution in [3.8, 4) is 5.75 Å². The van der Waals surface area contributed by atoms with Gasteiger partial charge in [-0.1, -0.05) is 44.2 Å². The molecule has 1 aliphatic carbocycles. The topological polar surface area (TPSA) is 43.3 Å². The van der Waals surface area contributed by atoms with Gasteiger partial charge in [0.05, 0.1) is 7.11 Å². The Bertz CT molecular complexity index is 1000. The quantitative estimate of drug-likeness (QED) is 0.606. The maximum atomic E-state index is 12.2. The lowest BCUT2D eigenvalue weighted by atomic mass is 9.84. The van der Waals surface area contributed by atoms with Crippen molar-refractivity contribution in [3.05, 3.63) is 65.9 Å². The molecule has 152 valence electrons. The Labute approximate surface area is 172 Å². The van der Waals surface area contributed by atoms with Gasteiger partial charge >= 0.3 is 0 Å². The second kappa shape index (κ2) is 7.94. The number of amides is 1. The molecule has 1 N–H and O–H groups in total. The van der Waals surface area contributed by atoms with Crippen LogP contribution in [0.5, 0.6) is 5.75 Å². The zero-order valence-corrected chi connectivity index (χ0v) is 17.6. The number of aryl methyl sites for hydroxylation is 2. The van der Waals surface area contributed by atoms with E-state index >= 15 is 0 Å². The Kier molecular flexibility index (Phi) is 5.35. The van der Waals surface area contributed by atoms with Crippen molar-refractivity contribution in [1.82, 2.24) is 9.88 Å². The maximum absolute atomic E-state index is 12.2. The van der Waals surface area contributed by atoms with Gasteiger partial charge in [0.1, 0.15) is 5.75 Å². The third-order valence-corrected chi connectivity index (χ3v) is 5.95. The van der Waals surface area contributed by atoms with E-state index in [2.05, 4.69) is 72.4 Å². The molecule has 4 rings (SSSR count). The van der Waals surface area contributed by atoms with Gasteiger partial charge in [-0.3, -0.25) is 4.79 Å². The van der Waals surface area contributed by atoms with E-state index < -0.39 is 0 Å². The fourth-order valence-corrected chi connectivity index (χ4v) is 3.91. The number of ether oxygens (including phenoxy) is 1. The van der Waals surface area contributed by atoms with Crippen LogP contribution >= 0.6 is 0 Å². The lowest BCUT2D eigenvalue weighted by molar-refractivity contribution is -0.122. The number of methoxy groups -OCH3 is 1. The van der Waals surface area contributed by atoms with Crippen LogP contribution in [0.4, 0.5) is 0 Å². The van der Waals surface area contributed by atoms with Crippen molar-refractivity contribution in [2.45, 2.75) is 45.1 Å². The molecule has 1 amide bonds. The van der Waals surface area contributed by atoms with E-state index in [4.69, 9.17) is 4.74 Å². The molecule has 1 fully saturated rings. The molecule has 1 aromatic heterocycles. The predicted octanol–water partition coefficient (Wildman–Crippen LogP) is 4.70. The van der Waals surface area contributed by atoms with Crippen LogP contribution in [0, 0.1) is 5.92 Å². The number of fused-ring (bicyclic) bond motifs is 1. The summed E-state index contributed by atoms with van der Waals surface area (Å²) >= 11 is 0. The maximum Gasteiger partial charge on any atom is 0.223 e. The molecule has 3 aromatic rings. The first-order valence-corrected chi connectivity index (χ1v) is 10.5. The summed E-state index contributed by atoms with van der Waals surface area (Å²) in [5.74, 6) is 1.29. The number of rotatable bonds is 8. The molecule has 0 radical (unpaired) electrons. The van der Waals surface area contributed by atoms with Gasteiger partial charge in [-0.25, -0.2) is 0 Å². The zero-order valence-electron chi connectivity index (χ0n) is 17.6. The molecule has 0 saturated heterocycles. The molecule has 0 spiro atoms. The highest BCUT2D eigenvalue weighted by atomic mass is 16.5. The number of nitrogens with zero attached hydrogens (tertiary/aromatic N) is 1. The van der Waals surface area contributed by atoms with Crippen LogP contribution in [-0.2, 0) is 23.2 Å². The average Bonchev–Trinajstić information content (AvgIpc) is 3.52. The highest BCUT2D eigenvalue weighted by Gasteiger charge is 2.32. The number of nitrogens with one attached hydrogen (secondary N) is 1. The van der Waals surface area contributed by atoms with E-state index in [-0.39, 0.29) is 17.2 Å². The number of hydrogen-bond acceptors (Lipinski definition) is 2. The summed E-state index contributed by atoms with van der Waals surface area (Å²) in [6, 6.07) is 16.9. The Morgan fingerprint density at radius 1 is 1.17 bits per heavy atom. The molecule has 0 atom stereocenters. The first-order chi connectivity index (χ1) is 14.0. The third kappa shape index (κ3) is 4.31. The standard InChI is InChI=1S/C25H30N2O2/c1-25(2,17-26-24(28)19-9-10-19)22-16-27(14-13-18-7-5-4-6-8-18)23-12-11-20(29-3)15-21(22)23/h4-8,11-12,15-16,19H,9-10,13-14,17H2,1-3H3,(H,26,28). The smallest absolute Gasteiger partial charge is 0.223 e. The van der Waals surface area contributed by atoms with Gasteiger partial charge < -0.3 is 14.6 Å². The number of benzene rings is 2. The summed E-state index contributed by atoms with van der Waals surface area (Å²) in [4.78, 5) is 12.2. The molecular formula is C25H30N2O2. The minimum absolute atomic E-state index is 0.173. The van der Waals surface area contributed by atoms with Crippen molar-refractivity contribution in [2.24, 2.45) is 5.92 Å². The molecule has 1 saturated carbocycles. The highest BCUT2D eigenvalue weighted by Crippen LogP contribution is 2.35. The normalized spacial score (nSPS) is 14.2. The molecular weight excluding hydrogens is 360 g/mol. The van der Waals surface area contributed by atoms with Gasteiger partial charge in [-0.15, -0.1) is 0 Å². The zero-order chi connectivity index (χ0) is 20.4. The third-order valence-electron chi connectivity index (χ3n) is 5.95. The van der Waals surface area contributed by atoms with Crippen molar-refractivity contribution >= 4 is 16.8 Å². The summed E-state index contributed by atoms with van der Waals surface area (Å²) in [7, 11) is 1.70. The van der Waals surface area contributed by atoms with E-state index in [0.29, 0.717) is 6.54 Å². The van der Waals surface area contributed by atoms with Gasteiger partial charge in [-0.05, 0) is 48.6 Å². The van der Waals surface area contributed by atoms with Crippen molar-refractivity contribution in [1.29, 1.82) is 0 Å². The van der Waals surface area contributed by atoms with E-state index in [1.54, 1.807) is 7.11 Å². The van der Waals surface area contributed by atoms with Crippen LogP contribution in [0.25, 0.3) is 10.9 Å². The Hall–Kier alpha value is -2.75. The molecule has 1 aliphatic rings. The van der Waals surface area contributed by atoms with Crippen LogP contribution < -0.4 is 10.1 Å².